The van der Waals surface area contributed by atoms with E-state index in [0.717, 1.165) is 11.3 Å². The van der Waals surface area contributed by atoms with Crippen LogP contribution in [0.3, 0.4) is 0 Å². The number of para-hydroxylation sites is 2. The summed E-state index contributed by atoms with van der Waals surface area (Å²) in [5, 5.41) is 3.15. The van der Waals surface area contributed by atoms with Gasteiger partial charge in [0.2, 0.25) is 11.8 Å². The lowest BCUT2D eigenvalue weighted by Crippen LogP contribution is -2.35. The molecular formula is C25H21ClFN3O2S. The Kier molecular flexibility index (Phi) is 7.42. The van der Waals surface area contributed by atoms with Crippen LogP contribution in [0.25, 0.3) is 0 Å². The lowest BCUT2D eigenvalue weighted by molar-refractivity contribution is -0.128. The summed E-state index contributed by atoms with van der Waals surface area (Å²) in [4.78, 5) is 32.1. The minimum atomic E-state index is -0.594. The molecule has 0 radical (unpaired) electrons. The van der Waals surface area contributed by atoms with E-state index in [1.165, 1.54) is 23.9 Å². The summed E-state index contributed by atoms with van der Waals surface area (Å²) in [6.07, 6.45) is 0.536. The zero-order valence-electron chi connectivity index (χ0n) is 17.6. The van der Waals surface area contributed by atoms with Gasteiger partial charge in [0.05, 0.1) is 16.4 Å². The van der Waals surface area contributed by atoms with Crippen LogP contribution < -0.4 is 5.32 Å². The molecule has 0 unspecified atom stereocenters. The predicted octanol–water partition coefficient (Wildman–Crippen LogP) is 5.68. The molecule has 3 aromatic rings. The number of nitrogens with zero attached hydrogens (tertiary/aromatic N) is 2. The van der Waals surface area contributed by atoms with Crippen molar-refractivity contribution in [2.75, 3.05) is 11.9 Å². The Morgan fingerprint density at radius 3 is 2.45 bits per heavy atom. The van der Waals surface area contributed by atoms with Crippen LogP contribution in [0.2, 0.25) is 5.02 Å². The molecule has 5 nitrogen and oxygen atoms in total. The first-order chi connectivity index (χ1) is 16.0. The molecule has 2 amide bonds. The van der Waals surface area contributed by atoms with E-state index in [9.17, 15) is 14.0 Å². The smallest absolute Gasteiger partial charge is 0.242 e. The second-order valence-electron chi connectivity index (χ2n) is 7.43. The summed E-state index contributed by atoms with van der Waals surface area (Å²) >= 11 is 7.40. The topological polar surface area (TPSA) is 61.8 Å². The highest BCUT2D eigenvalue weighted by Crippen LogP contribution is 2.32. The van der Waals surface area contributed by atoms with Gasteiger partial charge in [-0.05, 0) is 48.4 Å². The number of amides is 2. The zero-order valence-corrected chi connectivity index (χ0v) is 19.2. The van der Waals surface area contributed by atoms with Gasteiger partial charge in [-0.2, -0.15) is 0 Å². The maximum atomic E-state index is 13.2. The lowest BCUT2D eigenvalue weighted by Gasteiger charge is -2.16. The van der Waals surface area contributed by atoms with Crippen molar-refractivity contribution in [3.8, 4) is 0 Å². The fourth-order valence-corrected chi connectivity index (χ4v) is 4.73. The minimum absolute atomic E-state index is 0.00438. The van der Waals surface area contributed by atoms with Gasteiger partial charge in [-0.25, -0.2) is 9.38 Å². The quantitative estimate of drug-likeness (QED) is 0.472. The number of aliphatic imine (C=N–C) groups is 1. The molecule has 1 aliphatic rings. The fourth-order valence-electron chi connectivity index (χ4n) is 3.37. The molecule has 0 aliphatic carbocycles. The molecule has 4 rings (SSSR count). The van der Waals surface area contributed by atoms with Gasteiger partial charge >= 0.3 is 0 Å². The summed E-state index contributed by atoms with van der Waals surface area (Å²) in [5.74, 6) is -0.776. The number of halogens is 2. The van der Waals surface area contributed by atoms with Crippen molar-refractivity contribution < 1.29 is 14.0 Å². The summed E-state index contributed by atoms with van der Waals surface area (Å²) in [6, 6.07) is 22.5. The molecule has 0 aromatic heterocycles. The monoisotopic (exact) mass is 481 g/mol. The molecule has 0 bridgehead atoms. The Morgan fingerprint density at radius 2 is 1.73 bits per heavy atom. The van der Waals surface area contributed by atoms with Gasteiger partial charge in [-0.3, -0.25) is 14.5 Å². The van der Waals surface area contributed by atoms with Gasteiger partial charge in [-0.1, -0.05) is 65.8 Å². The van der Waals surface area contributed by atoms with E-state index in [-0.39, 0.29) is 24.1 Å². The zero-order chi connectivity index (χ0) is 23.2. The van der Waals surface area contributed by atoms with Crippen molar-refractivity contribution in [2.24, 2.45) is 4.99 Å². The standard InChI is InChI=1S/C25H21ClFN3O2S/c26-20-8-4-5-9-21(20)29-23(31)16-22-24(32)30(15-14-17-10-12-18(27)13-11-17)25(33-22)28-19-6-2-1-3-7-19/h1-13,22H,14-16H2,(H,29,31)/t22-/m1/s1. The van der Waals surface area contributed by atoms with Crippen LogP contribution in [0, 0.1) is 5.82 Å². The van der Waals surface area contributed by atoms with Crippen molar-refractivity contribution in [1.29, 1.82) is 0 Å². The Balaban J connectivity index is 1.49. The Morgan fingerprint density at radius 1 is 1.03 bits per heavy atom. The molecule has 0 spiro atoms. The third-order valence-electron chi connectivity index (χ3n) is 5.06. The number of carbonyl (C=O) groups is 2. The van der Waals surface area contributed by atoms with Gasteiger partial charge in [0, 0.05) is 13.0 Å². The molecular weight excluding hydrogens is 461 g/mol. The fraction of sp³-hybridized carbons (Fsp3) is 0.160. The first-order valence-corrected chi connectivity index (χ1v) is 11.7. The van der Waals surface area contributed by atoms with E-state index in [1.54, 1.807) is 41.3 Å². The Labute approximate surface area is 200 Å². The van der Waals surface area contributed by atoms with Crippen molar-refractivity contribution in [1.82, 2.24) is 4.90 Å². The third-order valence-corrected chi connectivity index (χ3v) is 6.56. The molecule has 33 heavy (non-hydrogen) atoms. The maximum absolute atomic E-state index is 13.2. The van der Waals surface area contributed by atoms with Crippen LogP contribution in [-0.2, 0) is 16.0 Å². The molecule has 3 aromatic carbocycles. The average molecular weight is 482 g/mol. The van der Waals surface area contributed by atoms with Crippen LogP contribution in [0.4, 0.5) is 15.8 Å². The Hall–Kier alpha value is -3.16. The largest absolute Gasteiger partial charge is 0.325 e. The molecule has 0 saturated carbocycles. The van der Waals surface area contributed by atoms with Crippen molar-refractivity contribution in [3.05, 3.63) is 95.3 Å². The molecule has 1 atom stereocenters. The van der Waals surface area contributed by atoms with Gasteiger partial charge in [0.25, 0.3) is 0 Å². The highest BCUT2D eigenvalue weighted by Gasteiger charge is 2.39. The SMILES string of the molecule is O=C(C[C@H]1SC(=Nc2ccccc2)N(CCc2ccc(F)cc2)C1=O)Nc1ccccc1Cl. The number of anilines is 1. The summed E-state index contributed by atoms with van der Waals surface area (Å²) in [6.45, 7) is 0.381. The first kappa shape index (κ1) is 23.0. The molecule has 1 aliphatic heterocycles. The predicted molar refractivity (Wildman–Crippen MR) is 131 cm³/mol. The van der Waals surface area contributed by atoms with Crippen molar-refractivity contribution in [3.63, 3.8) is 0 Å². The van der Waals surface area contributed by atoms with E-state index in [2.05, 4.69) is 10.3 Å². The molecule has 1 fully saturated rings. The maximum Gasteiger partial charge on any atom is 0.242 e. The van der Waals surface area contributed by atoms with Gasteiger partial charge in [-0.15, -0.1) is 0 Å². The number of hydrogen-bond donors (Lipinski definition) is 1. The van der Waals surface area contributed by atoms with Crippen LogP contribution in [0.1, 0.15) is 12.0 Å². The second kappa shape index (κ2) is 10.6. The normalized spacial score (nSPS) is 16.9. The van der Waals surface area contributed by atoms with E-state index in [1.807, 2.05) is 30.3 Å². The number of hydrogen-bond acceptors (Lipinski definition) is 4. The highest BCUT2D eigenvalue weighted by molar-refractivity contribution is 8.15. The third kappa shape index (κ3) is 6.00. The van der Waals surface area contributed by atoms with Crippen LogP contribution in [-0.4, -0.2) is 33.7 Å². The lowest BCUT2D eigenvalue weighted by atomic mass is 10.1. The van der Waals surface area contributed by atoms with Crippen LogP contribution in [0.15, 0.2) is 83.9 Å². The van der Waals surface area contributed by atoms with Crippen molar-refractivity contribution >= 4 is 51.7 Å². The van der Waals surface area contributed by atoms with E-state index in [4.69, 9.17) is 11.6 Å². The number of amidine groups is 1. The minimum Gasteiger partial charge on any atom is -0.325 e. The van der Waals surface area contributed by atoms with Gasteiger partial charge in [0.1, 0.15) is 11.1 Å². The average Bonchev–Trinajstić information content (AvgIpc) is 3.09. The summed E-state index contributed by atoms with van der Waals surface area (Å²) < 4.78 is 13.2. The number of benzene rings is 3. The summed E-state index contributed by atoms with van der Waals surface area (Å²) in [5.41, 5.74) is 2.14. The Bertz CT molecular complexity index is 1170. The number of nitrogens with one attached hydrogen (secondary N) is 1. The molecule has 1 saturated heterocycles. The van der Waals surface area contributed by atoms with Crippen molar-refractivity contribution in [2.45, 2.75) is 18.1 Å². The number of carbonyl (C=O) groups excluding carboxylic acids is 2. The van der Waals surface area contributed by atoms with Crippen LogP contribution in [0.5, 0.6) is 0 Å². The molecule has 1 heterocycles. The molecule has 8 heteroatoms. The van der Waals surface area contributed by atoms with Gasteiger partial charge < -0.3 is 5.32 Å². The van der Waals surface area contributed by atoms with E-state index < -0.39 is 5.25 Å². The van der Waals surface area contributed by atoms with Gasteiger partial charge in [0.15, 0.2) is 5.17 Å². The van der Waals surface area contributed by atoms with Crippen LogP contribution >= 0.6 is 23.4 Å². The summed E-state index contributed by atoms with van der Waals surface area (Å²) in [7, 11) is 0. The second-order valence-corrected chi connectivity index (χ2v) is 9.01. The first-order valence-electron chi connectivity index (χ1n) is 10.4. The van der Waals surface area contributed by atoms with E-state index >= 15 is 0 Å². The van der Waals surface area contributed by atoms with E-state index in [0.29, 0.717) is 28.8 Å². The molecule has 1 N–H and O–H groups in total. The number of rotatable bonds is 7. The molecule has 168 valence electrons. The number of thioether (sulfide) groups is 1. The highest BCUT2D eigenvalue weighted by atomic mass is 35.5.